The molecule has 4 nitrogen and oxygen atoms in total. The fraction of sp³-hybridized carbons (Fsp3) is 0.0909. The van der Waals surface area contributed by atoms with Crippen molar-refractivity contribution in [2.75, 3.05) is 0 Å². The molecule has 0 saturated carbocycles. The smallest absolute Gasteiger partial charge is 0.251 e. The molecule has 28 heavy (non-hydrogen) atoms. The number of hydrogen-bond acceptors (Lipinski definition) is 2. The van der Waals surface area contributed by atoms with Crippen LogP contribution in [0.15, 0.2) is 67.0 Å². The Balaban J connectivity index is 1.67. The molecule has 0 aliphatic carbocycles. The van der Waals surface area contributed by atoms with E-state index in [2.05, 4.69) is 10.4 Å². The zero-order valence-corrected chi connectivity index (χ0v) is 15.1. The van der Waals surface area contributed by atoms with Crippen LogP contribution < -0.4 is 5.32 Å². The summed E-state index contributed by atoms with van der Waals surface area (Å²) in [7, 11) is 1.83. The molecule has 1 N–H and O–H groups in total. The summed E-state index contributed by atoms with van der Waals surface area (Å²) in [5, 5.41) is 8.84. The van der Waals surface area contributed by atoms with E-state index in [-0.39, 0.29) is 18.0 Å². The molecule has 0 fully saturated rings. The van der Waals surface area contributed by atoms with Crippen LogP contribution >= 0.6 is 0 Å². The summed E-state index contributed by atoms with van der Waals surface area (Å²) in [6, 6.07) is 14.7. The zero-order valence-electron chi connectivity index (χ0n) is 15.1. The van der Waals surface area contributed by atoms with Crippen molar-refractivity contribution < 1.29 is 13.6 Å². The summed E-state index contributed by atoms with van der Waals surface area (Å²) >= 11 is 0. The van der Waals surface area contributed by atoms with Crippen LogP contribution in [0.3, 0.4) is 0 Å². The summed E-state index contributed by atoms with van der Waals surface area (Å²) in [5.74, 6) is -1.67. The lowest BCUT2D eigenvalue weighted by Crippen LogP contribution is -2.23. The van der Waals surface area contributed by atoms with Gasteiger partial charge in [0.25, 0.3) is 5.91 Å². The van der Waals surface area contributed by atoms with E-state index in [4.69, 9.17) is 0 Å². The number of nitrogens with one attached hydrogen (secondary N) is 1. The lowest BCUT2D eigenvalue weighted by Gasteiger charge is -2.10. The van der Waals surface area contributed by atoms with Crippen LogP contribution in [0.4, 0.5) is 8.78 Å². The van der Waals surface area contributed by atoms with Gasteiger partial charge in [-0.1, -0.05) is 30.3 Å². The average Bonchev–Trinajstić information content (AvgIpc) is 3.12. The molecule has 140 valence electrons. The standard InChI is InChI=1S/C22H17F2N3O/c1-27-13-17(12-26-27)20-9-16(8-14-4-2-3-5-19(14)20)22(28)25-11-15-6-7-18(23)10-21(15)24/h2-10,12-13H,11H2,1H3,(H,25,28). The molecule has 0 spiro atoms. The van der Waals surface area contributed by atoms with Crippen LogP contribution in [0.1, 0.15) is 15.9 Å². The zero-order chi connectivity index (χ0) is 19.7. The molecule has 1 heterocycles. The molecule has 4 aromatic rings. The van der Waals surface area contributed by atoms with Gasteiger partial charge in [-0.2, -0.15) is 5.10 Å². The molecular formula is C22H17F2N3O. The third-order valence-corrected chi connectivity index (χ3v) is 4.59. The molecule has 0 aliphatic heterocycles. The lowest BCUT2D eigenvalue weighted by molar-refractivity contribution is 0.0951. The number of aryl methyl sites for hydroxylation is 1. The number of amides is 1. The van der Waals surface area contributed by atoms with Gasteiger partial charge in [-0.05, 0) is 34.5 Å². The number of benzene rings is 3. The fourth-order valence-electron chi connectivity index (χ4n) is 3.18. The normalized spacial score (nSPS) is 11.0. The number of carbonyl (C=O) groups is 1. The van der Waals surface area contributed by atoms with Crippen molar-refractivity contribution in [3.63, 3.8) is 0 Å². The van der Waals surface area contributed by atoms with Gasteiger partial charge in [0.05, 0.1) is 6.20 Å². The largest absolute Gasteiger partial charge is 0.348 e. The number of rotatable bonds is 4. The van der Waals surface area contributed by atoms with Gasteiger partial charge in [0.15, 0.2) is 0 Å². The Morgan fingerprint density at radius 2 is 1.93 bits per heavy atom. The second-order valence-corrected chi connectivity index (χ2v) is 6.57. The Morgan fingerprint density at radius 3 is 2.68 bits per heavy atom. The minimum absolute atomic E-state index is 0.0278. The van der Waals surface area contributed by atoms with Gasteiger partial charge in [0.2, 0.25) is 0 Å². The minimum atomic E-state index is -0.685. The van der Waals surface area contributed by atoms with Gasteiger partial charge in [0, 0.05) is 42.5 Å². The maximum atomic E-state index is 13.8. The summed E-state index contributed by atoms with van der Waals surface area (Å²) in [6.07, 6.45) is 3.63. The van der Waals surface area contributed by atoms with Crippen molar-refractivity contribution in [3.05, 3.63) is 89.8 Å². The summed E-state index contributed by atoms with van der Waals surface area (Å²) in [4.78, 5) is 12.7. The predicted molar refractivity (Wildman–Crippen MR) is 104 cm³/mol. The van der Waals surface area contributed by atoms with Gasteiger partial charge in [-0.15, -0.1) is 0 Å². The van der Waals surface area contributed by atoms with Crippen molar-refractivity contribution in [3.8, 4) is 11.1 Å². The molecule has 4 rings (SSSR count). The molecular weight excluding hydrogens is 360 g/mol. The van der Waals surface area contributed by atoms with Crippen LogP contribution in [-0.2, 0) is 13.6 Å². The Labute approximate surface area is 160 Å². The van der Waals surface area contributed by atoms with Crippen LogP contribution in [0, 0.1) is 11.6 Å². The van der Waals surface area contributed by atoms with Gasteiger partial charge >= 0.3 is 0 Å². The number of nitrogens with zero attached hydrogens (tertiary/aromatic N) is 2. The van der Waals surface area contributed by atoms with Crippen LogP contribution in [-0.4, -0.2) is 15.7 Å². The predicted octanol–water partition coefficient (Wildman–Crippen LogP) is 4.45. The molecule has 0 aliphatic rings. The number of fused-ring (bicyclic) bond motifs is 1. The third-order valence-electron chi connectivity index (χ3n) is 4.59. The highest BCUT2D eigenvalue weighted by Crippen LogP contribution is 2.30. The minimum Gasteiger partial charge on any atom is -0.348 e. The average molecular weight is 377 g/mol. The molecule has 1 aromatic heterocycles. The third kappa shape index (κ3) is 3.49. The van der Waals surface area contributed by atoms with Crippen molar-refractivity contribution in [1.82, 2.24) is 15.1 Å². The van der Waals surface area contributed by atoms with Crippen molar-refractivity contribution >= 4 is 16.7 Å². The van der Waals surface area contributed by atoms with Gasteiger partial charge in [-0.3, -0.25) is 9.48 Å². The van der Waals surface area contributed by atoms with E-state index in [1.165, 1.54) is 12.1 Å². The van der Waals surface area contributed by atoms with Crippen LogP contribution in [0.25, 0.3) is 21.9 Å². The Hall–Kier alpha value is -3.54. The quantitative estimate of drug-likeness (QED) is 0.571. The van der Waals surface area contributed by atoms with Gasteiger partial charge < -0.3 is 5.32 Å². The molecule has 1 amide bonds. The summed E-state index contributed by atoms with van der Waals surface area (Å²) in [6.45, 7) is -0.0278. The van der Waals surface area contributed by atoms with Crippen molar-refractivity contribution in [1.29, 1.82) is 0 Å². The maximum absolute atomic E-state index is 13.8. The highest BCUT2D eigenvalue weighted by Gasteiger charge is 2.13. The topological polar surface area (TPSA) is 46.9 Å². The first-order valence-corrected chi connectivity index (χ1v) is 8.75. The van der Waals surface area contributed by atoms with Gasteiger partial charge in [0.1, 0.15) is 11.6 Å². The first-order chi connectivity index (χ1) is 13.5. The van der Waals surface area contributed by atoms with Crippen molar-refractivity contribution in [2.45, 2.75) is 6.54 Å². The number of aromatic nitrogens is 2. The maximum Gasteiger partial charge on any atom is 0.251 e. The van der Waals surface area contributed by atoms with Crippen LogP contribution in [0.5, 0.6) is 0 Å². The van der Waals surface area contributed by atoms with E-state index in [0.717, 1.165) is 28.0 Å². The van der Waals surface area contributed by atoms with E-state index in [1.807, 2.05) is 37.5 Å². The lowest BCUT2D eigenvalue weighted by atomic mass is 9.97. The molecule has 0 radical (unpaired) electrons. The molecule has 0 bridgehead atoms. The molecule has 0 saturated heterocycles. The highest BCUT2D eigenvalue weighted by atomic mass is 19.1. The molecule has 0 unspecified atom stereocenters. The summed E-state index contributed by atoms with van der Waals surface area (Å²) < 4.78 is 28.5. The van der Waals surface area contributed by atoms with E-state index in [0.29, 0.717) is 5.56 Å². The first kappa shape index (κ1) is 17.9. The Morgan fingerprint density at radius 1 is 1.11 bits per heavy atom. The second-order valence-electron chi connectivity index (χ2n) is 6.57. The number of carbonyl (C=O) groups excluding carboxylic acids is 1. The Bertz CT molecular complexity index is 1180. The number of halogens is 2. The SMILES string of the molecule is Cn1cc(-c2cc(C(=O)NCc3ccc(F)cc3F)cc3ccccc23)cn1. The molecule has 3 aromatic carbocycles. The van der Waals surface area contributed by atoms with Gasteiger partial charge in [-0.25, -0.2) is 8.78 Å². The highest BCUT2D eigenvalue weighted by molar-refractivity contribution is 6.04. The van der Waals surface area contributed by atoms with E-state index in [9.17, 15) is 13.6 Å². The van der Waals surface area contributed by atoms with Crippen molar-refractivity contribution in [2.24, 2.45) is 7.05 Å². The Kier molecular flexibility index (Phi) is 4.61. The van der Waals surface area contributed by atoms with E-state index >= 15 is 0 Å². The fourth-order valence-corrected chi connectivity index (χ4v) is 3.18. The first-order valence-electron chi connectivity index (χ1n) is 8.75. The second kappa shape index (κ2) is 7.23. The van der Waals surface area contributed by atoms with Crippen LogP contribution in [0.2, 0.25) is 0 Å². The molecule has 6 heteroatoms. The summed E-state index contributed by atoms with van der Waals surface area (Å²) in [5.41, 5.74) is 2.48. The van der Waals surface area contributed by atoms with E-state index < -0.39 is 11.6 Å². The monoisotopic (exact) mass is 377 g/mol. The molecule has 0 atom stereocenters. The van der Waals surface area contributed by atoms with E-state index in [1.54, 1.807) is 23.0 Å². The number of hydrogen-bond donors (Lipinski definition) is 1.